The number of aryl methyl sites for hydroxylation is 1. The maximum absolute atomic E-state index is 5.92. The van der Waals surface area contributed by atoms with Gasteiger partial charge in [0.15, 0.2) is 0 Å². The van der Waals surface area contributed by atoms with E-state index >= 15 is 0 Å². The van der Waals surface area contributed by atoms with E-state index in [0.29, 0.717) is 28.8 Å². The van der Waals surface area contributed by atoms with Crippen molar-refractivity contribution in [3.63, 3.8) is 0 Å². The van der Waals surface area contributed by atoms with Crippen molar-refractivity contribution >= 4 is 17.3 Å². The predicted molar refractivity (Wildman–Crippen MR) is 78.3 cm³/mol. The van der Waals surface area contributed by atoms with Gasteiger partial charge < -0.3 is 15.2 Å². The number of nitrogen functional groups attached to an aromatic ring is 1. The van der Waals surface area contributed by atoms with Gasteiger partial charge in [0, 0.05) is 11.1 Å². The summed E-state index contributed by atoms with van der Waals surface area (Å²) in [5.41, 5.74) is 7.39. The summed E-state index contributed by atoms with van der Waals surface area (Å²) in [7, 11) is 0. The van der Waals surface area contributed by atoms with Crippen LogP contribution in [0.1, 0.15) is 12.5 Å². The predicted octanol–water partition coefficient (Wildman–Crippen LogP) is 4.42. The van der Waals surface area contributed by atoms with Gasteiger partial charge in [-0.25, -0.2) is 0 Å². The number of hydrogen-bond donors (Lipinski definition) is 1. The Morgan fingerprint density at radius 1 is 1.11 bits per heavy atom. The Balaban J connectivity index is 2.25. The lowest BCUT2D eigenvalue weighted by atomic mass is 10.2. The van der Waals surface area contributed by atoms with Gasteiger partial charge in [-0.05, 0) is 49.7 Å². The van der Waals surface area contributed by atoms with E-state index < -0.39 is 0 Å². The van der Waals surface area contributed by atoms with Crippen LogP contribution < -0.4 is 15.2 Å². The highest BCUT2D eigenvalue weighted by molar-refractivity contribution is 6.30. The van der Waals surface area contributed by atoms with E-state index in [2.05, 4.69) is 0 Å². The van der Waals surface area contributed by atoms with Crippen molar-refractivity contribution in [1.29, 1.82) is 0 Å². The number of halogens is 1. The van der Waals surface area contributed by atoms with Crippen LogP contribution in [0.15, 0.2) is 36.4 Å². The highest BCUT2D eigenvalue weighted by atomic mass is 35.5. The maximum Gasteiger partial charge on any atom is 0.145 e. The molecule has 0 heterocycles. The minimum absolute atomic E-state index is 0.563. The molecule has 0 saturated carbocycles. The minimum atomic E-state index is 0.563. The molecule has 100 valence electrons. The molecule has 4 heteroatoms. The summed E-state index contributed by atoms with van der Waals surface area (Å²) in [6.45, 7) is 4.42. The van der Waals surface area contributed by atoms with Gasteiger partial charge in [-0.2, -0.15) is 0 Å². The van der Waals surface area contributed by atoms with Crippen LogP contribution in [0.5, 0.6) is 17.2 Å². The molecule has 0 aliphatic carbocycles. The molecule has 2 aromatic carbocycles. The molecule has 0 unspecified atom stereocenters. The van der Waals surface area contributed by atoms with Crippen LogP contribution in [0.25, 0.3) is 0 Å². The fourth-order valence-corrected chi connectivity index (χ4v) is 1.94. The summed E-state index contributed by atoms with van der Waals surface area (Å²) in [6, 6.07) is 10.9. The minimum Gasteiger partial charge on any atom is -0.492 e. The summed E-state index contributed by atoms with van der Waals surface area (Å²) in [5.74, 6) is 2.08. The highest BCUT2D eigenvalue weighted by Crippen LogP contribution is 2.32. The van der Waals surface area contributed by atoms with Crippen LogP contribution in [0.3, 0.4) is 0 Å². The summed E-state index contributed by atoms with van der Waals surface area (Å²) in [6.07, 6.45) is 0. The highest BCUT2D eigenvalue weighted by Gasteiger charge is 2.06. The normalized spacial score (nSPS) is 10.3. The van der Waals surface area contributed by atoms with E-state index in [9.17, 15) is 0 Å². The summed E-state index contributed by atoms with van der Waals surface area (Å²) < 4.78 is 11.3. The number of anilines is 1. The molecule has 0 bridgehead atoms. The summed E-state index contributed by atoms with van der Waals surface area (Å²) in [5, 5.41) is 0.692. The van der Waals surface area contributed by atoms with Crippen LogP contribution in [0.2, 0.25) is 5.02 Å². The molecule has 0 spiro atoms. The average Bonchev–Trinajstić information content (AvgIpc) is 2.37. The van der Waals surface area contributed by atoms with Gasteiger partial charge in [0.05, 0.1) is 12.3 Å². The van der Waals surface area contributed by atoms with E-state index in [1.807, 2.05) is 32.0 Å². The first-order chi connectivity index (χ1) is 9.10. The van der Waals surface area contributed by atoms with E-state index in [1.54, 1.807) is 18.2 Å². The monoisotopic (exact) mass is 277 g/mol. The lowest BCUT2D eigenvalue weighted by Crippen LogP contribution is -1.97. The quantitative estimate of drug-likeness (QED) is 0.841. The second-order valence-corrected chi connectivity index (χ2v) is 4.58. The number of hydrogen-bond acceptors (Lipinski definition) is 3. The molecule has 0 fully saturated rings. The molecule has 0 aromatic heterocycles. The topological polar surface area (TPSA) is 44.5 Å². The largest absolute Gasteiger partial charge is 0.492 e. The molecular weight excluding hydrogens is 262 g/mol. The number of benzene rings is 2. The zero-order valence-electron chi connectivity index (χ0n) is 10.9. The molecule has 2 N–H and O–H groups in total. The molecule has 3 nitrogen and oxygen atoms in total. The second-order valence-electron chi connectivity index (χ2n) is 4.14. The van der Waals surface area contributed by atoms with Crippen molar-refractivity contribution < 1.29 is 9.47 Å². The van der Waals surface area contributed by atoms with E-state index in [0.717, 1.165) is 11.3 Å². The van der Waals surface area contributed by atoms with Crippen molar-refractivity contribution in [3.05, 3.63) is 47.0 Å². The second kappa shape index (κ2) is 5.85. The van der Waals surface area contributed by atoms with Gasteiger partial charge in [-0.15, -0.1) is 0 Å². The molecule has 0 radical (unpaired) electrons. The molecule has 2 rings (SSSR count). The van der Waals surface area contributed by atoms with Gasteiger partial charge >= 0.3 is 0 Å². The van der Waals surface area contributed by atoms with E-state index in [1.165, 1.54) is 0 Å². The van der Waals surface area contributed by atoms with Crippen molar-refractivity contribution in [2.45, 2.75) is 13.8 Å². The molecule has 0 saturated heterocycles. The van der Waals surface area contributed by atoms with Crippen molar-refractivity contribution in [3.8, 4) is 17.2 Å². The smallest absolute Gasteiger partial charge is 0.145 e. The Morgan fingerprint density at radius 2 is 1.89 bits per heavy atom. The zero-order valence-corrected chi connectivity index (χ0v) is 11.7. The molecule has 0 aliphatic rings. The van der Waals surface area contributed by atoms with Gasteiger partial charge in [0.2, 0.25) is 0 Å². The molecule has 19 heavy (non-hydrogen) atoms. The Bertz CT molecular complexity index is 584. The Hall–Kier alpha value is -1.87. The van der Waals surface area contributed by atoms with Gasteiger partial charge in [0.25, 0.3) is 0 Å². The average molecular weight is 278 g/mol. The van der Waals surface area contributed by atoms with E-state index in [4.69, 9.17) is 26.8 Å². The molecule has 2 aromatic rings. The lowest BCUT2D eigenvalue weighted by molar-refractivity contribution is 0.340. The van der Waals surface area contributed by atoms with Crippen LogP contribution in [-0.2, 0) is 0 Å². The lowest BCUT2D eigenvalue weighted by Gasteiger charge is -2.12. The third-order valence-electron chi connectivity index (χ3n) is 2.65. The third kappa shape index (κ3) is 3.32. The fraction of sp³-hybridized carbons (Fsp3) is 0.200. The van der Waals surface area contributed by atoms with Gasteiger partial charge in [-0.1, -0.05) is 11.6 Å². The Kier molecular flexibility index (Phi) is 4.17. The number of ether oxygens (including phenoxy) is 2. The van der Waals surface area contributed by atoms with E-state index in [-0.39, 0.29) is 0 Å². The fourth-order valence-electron chi connectivity index (χ4n) is 1.71. The standard InChI is InChI=1S/C15H16ClNO2/c1-3-18-15-9-12(5-6-13(15)17)19-14-7-4-11(16)8-10(14)2/h4-9H,3,17H2,1-2H3. The first-order valence-electron chi connectivity index (χ1n) is 6.06. The van der Waals surface area contributed by atoms with Crippen molar-refractivity contribution in [2.24, 2.45) is 0 Å². The molecular formula is C15H16ClNO2. The van der Waals surface area contributed by atoms with Crippen molar-refractivity contribution in [2.75, 3.05) is 12.3 Å². The number of nitrogens with two attached hydrogens (primary N) is 1. The van der Waals surface area contributed by atoms with Crippen molar-refractivity contribution in [1.82, 2.24) is 0 Å². The Labute approximate surface area is 117 Å². The van der Waals surface area contributed by atoms with Crippen LogP contribution in [-0.4, -0.2) is 6.61 Å². The maximum atomic E-state index is 5.92. The van der Waals surface area contributed by atoms with Crippen LogP contribution in [0.4, 0.5) is 5.69 Å². The zero-order chi connectivity index (χ0) is 13.8. The summed E-state index contributed by atoms with van der Waals surface area (Å²) in [4.78, 5) is 0. The first-order valence-corrected chi connectivity index (χ1v) is 6.44. The van der Waals surface area contributed by atoms with Gasteiger partial charge in [0.1, 0.15) is 17.2 Å². The van der Waals surface area contributed by atoms with Gasteiger partial charge in [-0.3, -0.25) is 0 Å². The molecule has 0 amide bonds. The first kappa shape index (κ1) is 13.6. The number of rotatable bonds is 4. The summed E-state index contributed by atoms with van der Waals surface area (Å²) >= 11 is 5.92. The SMILES string of the molecule is CCOc1cc(Oc2ccc(Cl)cc2C)ccc1N. The van der Waals surface area contributed by atoms with Crippen LogP contribution in [0, 0.1) is 6.92 Å². The Morgan fingerprint density at radius 3 is 2.58 bits per heavy atom. The molecule has 0 aliphatic heterocycles. The molecule has 0 atom stereocenters. The van der Waals surface area contributed by atoms with Crippen LogP contribution >= 0.6 is 11.6 Å². The third-order valence-corrected chi connectivity index (χ3v) is 2.88.